The van der Waals surface area contributed by atoms with Crippen LogP contribution in [0.5, 0.6) is 0 Å². The normalized spacial score (nSPS) is 11.7. The molecule has 0 aliphatic rings. The van der Waals surface area contributed by atoms with Crippen molar-refractivity contribution in [2.75, 3.05) is 6.26 Å². The van der Waals surface area contributed by atoms with Crippen LogP contribution in [0.3, 0.4) is 0 Å². The van der Waals surface area contributed by atoms with Gasteiger partial charge in [-0.15, -0.1) is 0 Å². The summed E-state index contributed by atoms with van der Waals surface area (Å²) in [7, 11) is -3.37. The third kappa shape index (κ3) is 7.41. The molecular weight excluding hydrogens is 695 g/mol. The summed E-state index contributed by atoms with van der Waals surface area (Å²) >= 11 is 0. The lowest BCUT2D eigenvalue weighted by Crippen LogP contribution is -2.22. The third-order valence-electron chi connectivity index (χ3n) is 9.81. The molecule has 2 heterocycles. The Morgan fingerprint density at radius 3 is 1.49 bits per heavy atom. The smallest absolute Gasteiger partial charge is 0.333 e. The molecule has 5 aromatic carbocycles. The van der Waals surface area contributed by atoms with Gasteiger partial charge in [0, 0.05) is 39.4 Å². The molecule has 7 nitrogen and oxygen atoms in total. The summed E-state index contributed by atoms with van der Waals surface area (Å²) in [4.78, 5) is 26.8. The molecule has 0 amide bonds. The summed E-state index contributed by atoms with van der Waals surface area (Å²) in [5, 5.41) is 1.27. The number of hydrogen-bond acceptors (Lipinski definition) is 5. The summed E-state index contributed by atoms with van der Waals surface area (Å²) in [6.45, 7) is 3.11. The number of carbonyl (C=O) groups is 2. The first-order valence-corrected chi connectivity index (χ1v) is 19.0. The number of halogens is 2. The van der Waals surface area contributed by atoms with Crippen molar-refractivity contribution in [3.63, 3.8) is 0 Å². The van der Waals surface area contributed by atoms with Crippen LogP contribution in [0.2, 0.25) is 0 Å². The fraction of sp³-hybridized carbons (Fsp3) is 0.163. The van der Waals surface area contributed by atoms with Crippen LogP contribution in [0.4, 0.5) is 8.78 Å². The molecule has 0 aliphatic carbocycles. The lowest BCUT2D eigenvalue weighted by atomic mass is 9.99. The first kappa shape index (κ1) is 35.5. The van der Waals surface area contributed by atoms with E-state index in [0.29, 0.717) is 40.3 Å². The van der Waals surface area contributed by atoms with Crippen molar-refractivity contribution >= 4 is 43.6 Å². The van der Waals surface area contributed by atoms with Crippen LogP contribution < -0.4 is 0 Å². The van der Waals surface area contributed by atoms with Crippen LogP contribution in [0, 0.1) is 25.5 Å². The van der Waals surface area contributed by atoms with Gasteiger partial charge in [-0.3, -0.25) is 0 Å². The van der Waals surface area contributed by atoms with Crippen LogP contribution in [0.25, 0.3) is 32.9 Å². The van der Waals surface area contributed by atoms with Crippen LogP contribution >= 0.6 is 0 Å². The zero-order chi connectivity index (χ0) is 37.4. The highest BCUT2D eigenvalue weighted by Crippen LogP contribution is 2.31. The number of benzene rings is 5. The lowest BCUT2D eigenvalue weighted by molar-refractivity contribution is -0.160. The second-order valence-electron chi connectivity index (χ2n) is 13.3. The minimum Gasteiger partial charge on any atom is -0.390 e. The third-order valence-corrected chi connectivity index (χ3v) is 10.9. The maximum Gasteiger partial charge on any atom is 0.333 e. The molecule has 0 radical (unpaired) electrons. The molecule has 10 heteroatoms. The maximum absolute atomic E-state index is 14.5. The highest BCUT2D eigenvalue weighted by Gasteiger charge is 2.22. The largest absolute Gasteiger partial charge is 0.390 e. The quantitative estimate of drug-likeness (QED) is 0.104. The van der Waals surface area contributed by atoms with E-state index in [2.05, 4.69) is 12.1 Å². The van der Waals surface area contributed by atoms with E-state index in [1.165, 1.54) is 36.4 Å². The van der Waals surface area contributed by atoms with Crippen molar-refractivity contribution in [2.45, 2.75) is 44.7 Å². The van der Waals surface area contributed by atoms with Crippen molar-refractivity contribution in [3.8, 4) is 11.1 Å². The molecule has 7 rings (SSSR count). The molecule has 0 saturated carbocycles. The molecule has 0 bridgehead atoms. The van der Waals surface area contributed by atoms with E-state index < -0.39 is 33.4 Å². The summed E-state index contributed by atoms with van der Waals surface area (Å²) in [6, 6.07) is 33.4. The van der Waals surface area contributed by atoms with Gasteiger partial charge in [0.2, 0.25) is 0 Å². The summed E-state index contributed by atoms with van der Waals surface area (Å²) in [5.74, 6) is -2.40. The number of nitrogens with zero attached hydrogens (tertiary/aromatic N) is 2. The molecule has 0 aliphatic heterocycles. The van der Waals surface area contributed by atoms with Gasteiger partial charge in [-0.25, -0.2) is 26.8 Å². The van der Waals surface area contributed by atoms with Gasteiger partial charge >= 0.3 is 11.9 Å². The predicted molar refractivity (Wildman–Crippen MR) is 201 cm³/mol. The summed E-state index contributed by atoms with van der Waals surface area (Å²) in [5.41, 5.74) is 8.31. The highest BCUT2D eigenvalue weighted by atomic mass is 32.2. The van der Waals surface area contributed by atoms with Crippen molar-refractivity contribution in [1.29, 1.82) is 0 Å². The van der Waals surface area contributed by atoms with Crippen LogP contribution in [0.15, 0.2) is 120 Å². The molecule has 0 saturated heterocycles. The van der Waals surface area contributed by atoms with E-state index >= 15 is 0 Å². The zero-order valence-corrected chi connectivity index (χ0v) is 30.2. The number of rotatable bonds is 10. The van der Waals surface area contributed by atoms with E-state index in [-0.39, 0.29) is 18.0 Å². The van der Waals surface area contributed by atoms with Crippen LogP contribution in [-0.2, 0) is 50.1 Å². The zero-order valence-electron chi connectivity index (χ0n) is 29.4. The van der Waals surface area contributed by atoms with Gasteiger partial charge in [-0.05, 0) is 109 Å². The molecule has 0 N–H and O–H groups in total. The molecule has 2 aromatic heterocycles. The summed E-state index contributed by atoms with van der Waals surface area (Å²) < 4.78 is 61.6. The van der Waals surface area contributed by atoms with Crippen LogP contribution in [-0.4, -0.2) is 35.7 Å². The molecule has 0 unspecified atom stereocenters. The monoisotopic (exact) mass is 730 g/mol. The fourth-order valence-electron chi connectivity index (χ4n) is 7.06. The van der Waals surface area contributed by atoms with Crippen LogP contribution in [0.1, 0.15) is 33.6 Å². The standard InChI is InChI=1S/C43H36F2N2O5S/c1-27-36(21-29-9-13-32(14-10-29)31-7-5-4-6-8-31)38-23-33(44)15-19-40(38)46(27)25-42(48)52-43(49)26-47-28(2)37(39-24-34(45)16-20-41(39)47)22-30-11-17-35(18-12-30)53(3,50)51/h4-20,23-24H,21-22,25-26H2,1-3H3. The van der Waals surface area contributed by atoms with Gasteiger partial charge in [0.25, 0.3) is 0 Å². The first-order chi connectivity index (χ1) is 25.4. The maximum atomic E-state index is 14.5. The average molecular weight is 731 g/mol. The number of ether oxygens (including phenoxy) is 1. The van der Waals surface area contributed by atoms with Gasteiger partial charge in [0.1, 0.15) is 24.7 Å². The topological polar surface area (TPSA) is 87.4 Å². The van der Waals surface area contributed by atoms with Gasteiger partial charge in [-0.2, -0.15) is 0 Å². The Morgan fingerprint density at radius 1 is 0.604 bits per heavy atom. The molecule has 7 aromatic rings. The van der Waals surface area contributed by atoms with Crippen molar-refractivity contribution < 1.29 is 31.5 Å². The fourth-order valence-corrected chi connectivity index (χ4v) is 7.69. The van der Waals surface area contributed by atoms with E-state index in [4.69, 9.17) is 4.74 Å². The molecule has 0 atom stereocenters. The Kier molecular flexibility index (Phi) is 9.57. The number of hydrogen-bond donors (Lipinski definition) is 0. The molecule has 0 spiro atoms. The Bertz CT molecular complexity index is 2630. The Hall–Kier alpha value is -5.87. The van der Waals surface area contributed by atoms with E-state index in [9.17, 15) is 26.8 Å². The minimum atomic E-state index is -3.37. The molecule has 0 fully saturated rings. The second-order valence-corrected chi connectivity index (χ2v) is 15.3. The van der Waals surface area contributed by atoms with Crippen molar-refractivity contribution in [3.05, 3.63) is 161 Å². The molecule has 53 heavy (non-hydrogen) atoms. The molecular formula is C43H36F2N2O5S. The van der Waals surface area contributed by atoms with E-state index in [1.54, 1.807) is 40.3 Å². The average Bonchev–Trinajstić information content (AvgIpc) is 3.52. The Morgan fingerprint density at radius 2 is 1.04 bits per heavy atom. The van der Waals surface area contributed by atoms with Gasteiger partial charge < -0.3 is 13.9 Å². The highest BCUT2D eigenvalue weighted by molar-refractivity contribution is 7.90. The number of carbonyl (C=O) groups excluding carboxylic acids is 2. The number of fused-ring (bicyclic) bond motifs is 2. The number of sulfone groups is 1. The second kappa shape index (κ2) is 14.3. The first-order valence-electron chi connectivity index (χ1n) is 17.1. The lowest BCUT2D eigenvalue weighted by Gasteiger charge is -2.11. The van der Waals surface area contributed by atoms with Gasteiger partial charge in [0.15, 0.2) is 9.84 Å². The van der Waals surface area contributed by atoms with E-state index in [1.807, 2.05) is 49.4 Å². The Balaban J connectivity index is 1.10. The number of esters is 2. The van der Waals surface area contributed by atoms with E-state index in [0.717, 1.165) is 45.3 Å². The predicted octanol–water partition coefficient (Wildman–Crippen LogP) is 8.51. The SMILES string of the molecule is Cc1c(Cc2ccc(-c3ccccc3)cc2)c2cc(F)ccc2n1CC(=O)OC(=O)Cn1c(C)c(Cc2ccc(S(C)(=O)=O)cc2)c2cc(F)ccc21. The Labute approximate surface area is 306 Å². The minimum absolute atomic E-state index is 0.194. The van der Waals surface area contributed by atoms with Crippen molar-refractivity contribution in [1.82, 2.24) is 9.13 Å². The van der Waals surface area contributed by atoms with Gasteiger partial charge in [0.05, 0.1) is 4.90 Å². The summed E-state index contributed by atoms with van der Waals surface area (Å²) in [6.07, 6.45) is 2.00. The van der Waals surface area contributed by atoms with Crippen molar-refractivity contribution in [2.24, 2.45) is 0 Å². The molecule has 268 valence electrons. The van der Waals surface area contributed by atoms with Gasteiger partial charge in [-0.1, -0.05) is 66.7 Å². The number of aromatic nitrogens is 2.